The molecule has 0 aliphatic carbocycles. The summed E-state index contributed by atoms with van der Waals surface area (Å²) >= 11 is 0. The molecule has 0 saturated carbocycles. The third kappa shape index (κ3) is 3.85. The maximum Gasteiger partial charge on any atom is 0.0636 e. The smallest absolute Gasteiger partial charge is 0.0636 e. The number of aliphatic hydroxyl groups excluding tert-OH is 1. The molecule has 0 aliphatic rings. The number of aromatic nitrogens is 1. The molecular weight excluding hydrogens is 190 g/mol. The molecule has 0 amide bonds. The molecular formula is C11H19N3O. The number of aliphatic hydroxyl groups is 1. The zero-order valence-electron chi connectivity index (χ0n) is 9.57. The van der Waals surface area contributed by atoms with Gasteiger partial charge in [0, 0.05) is 50.8 Å². The Hall–Kier alpha value is -1.13. The summed E-state index contributed by atoms with van der Waals surface area (Å²) in [5, 5.41) is 12.3. The minimum Gasteiger partial charge on any atom is -0.392 e. The molecule has 0 radical (unpaired) electrons. The van der Waals surface area contributed by atoms with Gasteiger partial charge < -0.3 is 15.3 Å². The number of nitrogens with one attached hydrogen (secondary N) is 1. The summed E-state index contributed by atoms with van der Waals surface area (Å²) in [6.07, 6.45) is 3.32. The van der Waals surface area contributed by atoms with Crippen molar-refractivity contribution in [1.82, 2.24) is 10.3 Å². The Morgan fingerprint density at radius 3 is 2.87 bits per heavy atom. The Labute approximate surface area is 90.9 Å². The molecule has 1 aromatic rings. The Bertz CT molecular complexity index is 300. The summed E-state index contributed by atoms with van der Waals surface area (Å²) in [6, 6.07) is 1.99. The second-order valence-electron chi connectivity index (χ2n) is 3.88. The van der Waals surface area contributed by atoms with Gasteiger partial charge in [-0.1, -0.05) is 0 Å². The topological polar surface area (TPSA) is 48.4 Å². The first-order valence-corrected chi connectivity index (χ1v) is 5.10. The van der Waals surface area contributed by atoms with Crippen molar-refractivity contribution in [2.45, 2.75) is 19.6 Å². The normalized spacial score (nSPS) is 12.5. The van der Waals surface area contributed by atoms with Crippen LogP contribution in [0.1, 0.15) is 12.5 Å². The summed E-state index contributed by atoms with van der Waals surface area (Å²) in [5.74, 6) is 0. The monoisotopic (exact) mass is 209 g/mol. The molecule has 1 heterocycles. The number of pyridine rings is 1. The molecule has 2 N–H and O–H groups in total. The van der Waals surface area contributed by atoms with Crippen LogP contribution in [0.25, 0.3) is 0 Å². The number of hydrogen-bond acceptors (Lipinski definition) is 4. The fourth-order valence-electron chi connectivity index (χ4n) is 1.41. The van der Waals surface area contributed by atoms with Gasteiger partial charge in [-0.2, -0.15) is 0 Å². The highest BCUT2D eigenvalue weighted by molar-refractivity contribution is 5.50. The number of hydrogen-bond donors (Lipinski definition) is 2. The lowest BCUT2D eigenvalue weighted by Crippen LogP contribution is -2.25. The number of nitrogens with zero attached hydrogens (tertiary/aromatic N) is 2. The molecule has 0 unspecified atom stereocenters. The van der Waals surface area contributed by atoms with E-state index >= 15 is 0 Å². The van der Waals surface area contributed by atoms with Gasteiger partial charge in [-0.05, 0) is 13.0 Å². The molecule has 84 valence electrons. The summed E-state index contributed by atoms with van der Waals surface area (Å²) in [5.41, 5.74) is 2.30. The van der Waals surface area contributed by atoms with E-state index in [1.54, 1.807) is 13.1 Å². The van der Waals surface area contributed by atoms with E-state index < -0.39 is 0 Å². The second-order valence-corrected chi connectivity index (χ2v) is 3.88. The standard InChI is InChI=1S/C11H19N3O/c1-9(15)6-13-8-10-7-12-5-4-11(10)14(2)3/h4-5,7,9,13,15H,6,8H2,1-3H3/t9-/m1/s1. The van der Waals surface area contributed by atoms with Crippen molar-refractivity contribution in [3.05, 3.63) is 24.0 Å². The minimum absolute atomic E-state index is 0.315. The molecule has 1 aromatic heterocycles. The van der Waals surface area contributed by atoms with Crippen molar-refractivity contribution >= 4 is 5.69 Å². The zero-order valence-corrected chi connectivity index (χ0v) is 9.57. The van der Waals surface area contributed by atoms with Gasteiger partial charge in [-0.15, -0.1) is 0 Å². The van der Waals surface area contributed by atoms with Gasteiger partial charge in [-0.3, -0.25) is 4.98 Å². The highest BCUT2D eigenvalue weighted by Gasteiger charge is 2.03. The van der Waals surface area contributed by atoms with Gasteiger partial charge in [0.1, 0.15) is 0 Å². The quantitative estimate of drug-likeness (QED) is 0.746. The third-order valence-electron chi connectivity index (χ3n) is 2.11. The average Bonchev–Trinajstić information content (AvgIpc) is 2.17. The molecule has 0 fully saturated rings. The van der Waals surface area contributed by atoms with Crippen LogP contribution in [0.2, 0.25) is 0 Å². The predicted octanol–water partition coefficient (Wildman–Crippen LogP) is 0.618. The van der Waals surface area contributed by atoms with Crippen molar-refractivity contribution in [3.8, 4) is 0 Å². The molecule has 4 heteroatoms. The van der Waals surface area contributed by atoms with Crippen molar-refractivity contribution in [2.75, 3.05) is 25.5 Å². The van der Waals surface area contributed by atoms with E-state index in [0.717, 1.165) is 17.8 Å². The van der Waals surface area contributed by atoms with Crippen molar-refractivity contribution in [1.29, 1.82) is 0 Å². The third-order valence-corrected chi connectivity index (χ3v) is 2.11. The van der Waals surface area contributed by atoms with Crippen LogP contribution in [-0.2, 0) is 6.54 Å². The molecule has 0 saturated heterocycles. The Kier molecular flexibility index (Phi) is 4.52. The van der Waals surface area contributed by atoms with E-state index in [2.05, 4.69) is 15.2 Å². The van der Waals surface area contributed by atoms with Crippen LogP contribution in [0.3, 0.4) is 0 Å². The maximum atomic E-state index is 9.12. The lowest BCUT2D eigenvalue weighted by Gasteiger charge is -2.17. The van der Waals surface area contributed by atoms with Crippen LogP contribution in [0.5, 0.6) is 0 Å². The minimum atomic E-state index is -0.315. The Morgan fingerprint density at radius 1 is 1.53 bits per heavy atom. The molecule has 4 nitrogen and oxygen atoms in total. The van der Waals surface area contributed by atoms with Crippen LogP contribution in [0.15, 0.2) is 18.5 Å². The first-order valence-electron chi connectivity index (χ1n) is 5.10. The SMILES string of the molecule is C[C@@H](O)CNCc1cnccc1N(C)C. The van der Waals surface area contributed by atoms with Crippen LogP contribution in [-0.4, -0.2) is 36.8 Å². The van der Waals surface area contributed by atoms with Crippen LogP contribution in [0.4, 0.5) is 5.69 Å². The van der Waals surface area contributed by atoms with E-state index in [1.165, 1.54) is 0 Å². The molecule has 0 bridgehead atoms. The van der Waals surface area contributed by atoms with Crippen molar-refractivity contribution in [3.63, 3.8) is 0 Å². The van der Waals surface area contributed by atoms with E-state index in [0.29, 0.717) is 6.54 Å². The lowest BCUT2D eigenvalue weighted by molar-refractivity contribution is 0.191. The maximum absolute atomic E-state index is 9.12. The van der Waals surface area contributed by atoms with Crippen LogP contribution >= 0.6 is 0 Å². The highest BCUT2D eigenvalue weighted by atomic mass is 16.3. The van der Waals surface area contributed by atoms with Crippen molar-refractivity contribution < 1.29 is 5.11 Å². The predicted molar refractivity (Wildman–Crippen MR) is 62.0 cm³/mol. The summed E-state index contributed by atoms with van der Waals surface area (Å²) in [4.78, 5) is 6.15. The molecule has 0 spiro atoms. The number of rotatable bonds is 5. The Morgan fingerprint density at radius 2 is 2.27 bits per heavy atom. The summed E-state index contributed by atoms with van der Waals surface area (Å²) in [7, 11) is 4.01. The lowest BCUT2D eigenvalue weighted by atomic mass is 10.2. The van der Waals surface area contributed by atoms with Crippen molar-refractivity contribution in [2.24, 2.45) is 0 Å². The summed E-state index contributed by atoms with van der Waals surface area (Å²) < 4.78 is 0. The first kappa shape index (κ1) is 11.9. The van der Waals surface area contributed by atoms with E-state index in [9.17, 15) is 0 Å². The van der Waals surface area contributed by atoms with Gasteiger partial charge in [0.15, 0.2) is 0 Å². The number of anilines is 1. The fourth-order valence-corrected chi connectivity index (χ4v) is 1.41. The van der Waals surface area contributed by atoms with Gasteiger partial charge >= 0.3 is 0 Å². The summed E-state index contributed by atoms with van der Waals surface area (Å²) in [6.45, 7) is 3.09. The molecule has 1 atom stereocenters. The average molecular weight is 209 g/mol. The molecule has 1 rings (SSSR count). The second kappa shape index (κ2) is 5.68. The van der Waals surface area contributed by atoms with Gasteiger partial charge in [-0.25, -0.2) is 0 Å². The molecule has 0 aliphatic heterocycles. The van der Waals surface area contributed by atoms with Gasteiger partial charge in [0.25, 0.3) is 0 Å². The van der Waals surface area contributed by atoms with Gasteiger partial charge in [0.2, 0.25) is 0 Å². The van der Waals surface area contributed by atoms with E-state index in [4.69, 9.17) is 5.11 Å². The zero-order chi connectivity index (χ0) is 11.3. The highest BCUT2D eigenvalue weighted by Crippen LogP contribution is 2.15. The van der Waals surface area contributed by atoms with Crippen LogP contribution < -0.4 is 10.2 Å². The fraction of sp³-hybridized carbons (Fsp3) is 0.545. The molecule has 15 heavy (non-hydrogen) atoms. The molecule has 0 aromatic carbocycles. The van der Waals surface area contributed by atoms with Gasteiger partial charge in [0.05, 0.1) is 6.10 Å². The Balaban J connectivity index is 2.59. The van der Waals surface area contributed by atoms with Crippen LogP contribution in [0, 0.1) is 0 Å². The largest absolute Gasteiger partial charge is 0.392 e. The van der Waals surface area contributed by atoms with E-state index in [1.807, 2.05) is 26.4 Å². The van der Waals surface area contributed by atoms with E-state index in [-0.39, 0.29) is 6.10 Å². The first-order chi connectivity index (χ1) is 7.11.